The van der Waals surface area contributed by atoms with Gasteiger partial charge in [0.1, 0.15) is 18.1 Å². The second kappa shape index (κ2) is 13.7. The van der Waals surface area contributed by atoms with E-state index in [0.717, 1.165) is 28.6 Å². The number of hydrogen-bond donors (Lipinski definition) is 0. The fraction of sp³-hybridized carbons (Fsp3) is 0.400. The molecule has 2 amide bonds. The average molecular weight is 600 g/mol. The van der Waals surface area contributed by atoms with Crippen LogP contribution >= 0.6 is 15.9 Å². The second-order valence-electron chi connectivity index (χ2n) is 9.60. The highest BCUT2D eigenvalue weighted by Crippen LogP contribution is 2.28. The van der Waals surface area contributed by atoms with Crippen LogP contribution in [0.3, 0.4) is 0 Å². The van der Waals surface area contributed by atoms with Crippen LogP contribution in [0.25, 0.3) is 0 Å². The molecule has 0 radical (unpaired) electrons. The maximum atomic E-state index is 13.8. The molecule has 1 aliphatic heterocycles. The molecule has 2 aromatic carbocycles. The maximum Gasteiger partial charge on any atom is 0.254 e. The summed E-state index contributed by atoms with van der Waals surface area (Å²) in [5, 5.41) is 0. The van der Waals surface area contributed by atoms with Crippen molar-refractivity contribution in [3.05, 3.63) is 81.7 Å². The fourth-order valence-electron chi connectivity index (χ4n) is 4.67. The zero-order valence-corrected chi connectivity index (χ0v) is 24.2. The highest BCUT2D eigenvalue weighted by Gasteiger charge is 2.27. The first kappa shape index (κ1) is 28.7. The zero-order valence-electron chi connectivity index (χ0n) is 22.7. The van der Waals surface area contributed by atoms with Gasteiger partial charge in [0.05, 0.1) is 26.9 Å². The zero-order chi connectivity index (χ0) is 27.8. The Kier molecular flexibility index (Phi) is 10.1. The average Bonchev–Trinajstić information content (AvgIpc) is 3.61. The fourth-order valence-corrected chi connectivity index (χ4v) is 5.07. The largest absolute Gasteiger partial charge is 0.493 e. The molecule has 9 heteroatoms. The van der Waals surface area contributed by atoms with E-state index < -0.39 is 0 Å². The molecule has 0 aliphatic carbocycles. The van der Waals surface area contributed by atoms with Gasteiger partial charge in [-0.1, -0.05) is 28.1 Å². The molecular formula is C30H35BrN2O6. The molecule has 8 nitrogen and oxygen atoms in total. The number of nitrogens with zero attached hydrogens (tertiary/aromatic N) is 2. The van der Waals surface area contributed by atoms with E-state index in [1.807, 2.05) is 49.4 Å². The Balaban J connectivity index is 1.53. The first-order valence-corrected chi connectivity index (χ1v) is 13.9. The molecule has 0 saturated carbocycles. The quantitative estimate of drug-likeness (QED) is 0.283. The van der Waals surface area contributed by atoms with Crippen molar-refractivity contribution in [2.45, 2.75) is 38.8 Å². The van der Waals surface area contributed by atoms with Gasteiger partial charge in [-0.25, -0.2) is 0 Å². The number of furan rings is 1. The van der Waals surface area contributed by atoms with Crippen LogP contribution in [0.5, 0.6) is 11.5 Å². The van der Waals surface area contributed by atoms with Crippen molar-refractivity contribution >= 4 is 27.7 Å². The van der Waals surface area contributed by atoms with E-state index in [1.54, 1.807) is 36.2 Å². The summed E-state index contributed by atoms with van der Waals surface area (Å²) < 4.78 is 23.2. The third-order valence-corrected chi connectivity index (χ3v) is 7.24. The standard InChI is InChI=1S/C30H35BrN2O6/c1-21-9-11-26(39-21)19-32(14-13-22-10-12-27(36-2)28(16-22)37-3)29(34)20-33(18-25-8-5-15-38-25)30(35)23-6-4-7-24(31)17-23/h4,6-7,9-12,16-17,25H,5,8,13-15,18-20H2,1-3H3/t25-/m1/s1. The summed E-state index contributed by atoms with van der Waals surface area (Å²) in [7, 11) is 3.20. The maximum absolute atomic E-state index is 13.8. The number of amides is 2. The topological polar surface area (TPSA) is 81.5 Å². The molecular weight excluding hydrogens is 564 g/mol. The molecule has 3 aromatic rings. The number of halogens is 1. The number of benzene rings is 2. The Hall–Kier alpha value is -3.30. The molecule has 4 rings (SSSR count). The molecule has 0 spiro atoms. The minimum Gasteiger partial charge on any atom is -0.493 e. The normalized spacial score (nSPS) is 14.7. The Bertz CT molecular complexity index is 1270. The summed E-state index contributed by atoms with van der Waals surface area (Å²) in [6, 6.07) is 16.7. The molecule has 0 N–H and O–H groups in total. The van der Waals surface area contributed by atoms with E-state index in [-0.39, 0.29) is 24.5 Å². The van der Waals surface area contributed by atoms with Crippen molar-refractivity contribution in [3.8, 4) is 11.5 Å². The number of methoxy groups -OCH3 is 2. The van der Waals surface area contributed by atoms with Crippen molar-refractivity contribution in [2.24, 2.45) is 0 Å². The number of carbonyl (C=O) groups excluding carboxylic acids is 2. The van der Waals surface area contributed by atoms with E-state index in [1.165, 1.54) is 0 Å². The van der Waals surface area contributed by atoms with Crippen molar-refractivity contribution in [2.75, 3.05) is 40.5 Å². The van der Waals surface area contributed by atoms with E-state index in [0.29, 0.717) is 55.5 Å². The smallest absolute Gasteiger partial charge is 0.254 e. The summed E-state index contributed by atoms with van der Waals surface area (Å²) in [4.78, 5) is 30.7. The van der Waals surface area contributed by atoms with Gasteiger partial charge in [-0.3, -0.25) is 9.59 Å². The van der Waals surface area contributed by atoms with E-state index in [4.69, 9.17) is 18.6 Å². The lowest BCUT2D eigenvalue weighted by atomic mass is 10.1. The molecule has 1 aromatic heterocycles. The Morgan fingerprint density at radius 2 is 1.85 bits per heavy atom. The molecule has 1 aliphatic rings. The summed E-state index contributed by atoms with van der Waals surface area (Å²) >= 11 is 3.45. The number of rotatable bonds is 12. The van der Waals surface area contributed by atoms with Crippen molar-refractivity contribution < 1.29 is 28.2 Å². The molecule has 39 heavy (non-hydrogen) atoms. The molecule has 2 heterocycles. The molecule has 208 valence electrons. The molecule has 0 bridgehead atoms. The Morgan fingerprint density at radius 3 is 2.51 bits per heavy atom. The van der Waals surface area contributed by atoms with Crippen LogP contribution in [0.1, 0.15) is 40.3 Å². The Morgan fingerprint density at radius 1 is 1.03 bits per heavy atom. The van der Waals surface area contributed by atoms with Gasteiger partial charge in [-0.2, -0.15) is 0 Å². The first-order valence-electron chi connectivity index (χ1n) is 13.1. The van der Waals surface area contributed by atoms with Gasteiger partial charge in [0.15, 0.2) is 11.5 Å². The summed E-state index contributed by atoms with van der Waals surface area (Å²) in [5.74, 6) is 2.40. The van der Waals surface area contributed by atoms with Crippen molar-refractivity contribution in [1.82, 2.24) is 9.80 Å². The van der Waals surface area contributed by atoms with E-state index >= 15 is 0 Å². The van der Waals surface area contributed by atoms with Gasteiger partial charge < -0.3 is 28.4 Å². The van der Waals surface area contributed by atoms with Gasteiger partial charge >= 0.3 is 0 Å². The van der Waals surface area contributed by atoms with Crippen molar-refractivity contribution in [1.29, 1.82) is 0 Å². The second-order valence-corrected chi connectivity index (χ2v) is 10.5. The molecule has 0 unspecified atom stereocenters. The summed E-state index contributed by atoms with van der Waals surface area (Å²) in [5.41, 5.74) is 1.52. The van der Waals surface area contributed by atoms with E-state index in [9.17, 15) is 9.59 Å². The van der Waals surface area contributed by atoms with Crippen LogP contribution in [-0.4, -0.2) is 68.2 Å². The third-order valence-electron chi connectivity index (χ3n) is 6.75. The lowest BCUT2D eigenvalue weighted by Crippen LogP contribution is -2.46. The third kappa shape index (κ3) is 7.86. The molecule has 1 fully saturated rings. The van der Waals surface area contributed by atoms with Gasteiger partial charge in [0.25, 0.3) is 5.91 Å². The van der Waals surface area contributed by atoms with Crippen LogP contribution in [-0.2, 0) is 22.5 Å². The van der Waals surface area contributed by atoms with Crippen LogP contribution in [0.15, 0.2) is 63.5 Å². The van der Waals surface area contributed by atoms with Crippen LogP contribution in [0, 0.1) is 6.92 Å². The van der Waals surface area contributed by atoms with Gasteiger partial charge in [0, 0.05) is 29.7 Å². The minimum atomic E-state index is -0.200. The number of carbonyl (C=O) groups is 2. The lowest BCUT2D eigenvalue weighted by molar-refractivity contribution is -0.133. The predicted molar refractivity (Wildman–Crippen MR) is 151 cm³/mol. The summed E-state index contributed by atoms with van der Waals surface area (Å²) in [6.07, 6.45) is 2.33. The Labute approximate surface area is 237 Å². The van der Waals surface area contributed by atoms with Crippen LogP contribution in [0.2, 0.25) is 0 Å². The predicted octanol–water partition coefficient (Wildman–Crippen LogP) is 5.26. The monoisotopic (exact) mass is 598 g/mol. The van der Waals surface area contributed by atoms with Gasteiger partial charge in [-0.15, -0.1) is 0 Å². The van der Waals surface area contributed by atoms with Crippen LogP contribution < -0.4 is 9.47 Å². The molecule has 1 atom stereocenters. The van der Waals surface area contributed by atoms with Crippen LogP contribution in [0.4, 0.5) is 0 Å². The minimum absolute atomic E-state index is 0.0587. The number of ether oxygens (including phenoxy) is 3. The lowest BCUT2D eigenvalue weighted by Gasteiger charge is -2.29. The SMILES string of the molecule is COc1ccc(CCN(Cc2ccc(C)o2)C(=O)CN(C[C@H]2CCCO2)C(=O)c2cccc(Br)c2)cc1OC. The number of aryl methyl sites for hydroxylation is 1. The highest BCUT2D eigenvalue weighted by molar-refractivity contribution is 9.10. The number of hydrogen-bond acceptors (Lipinski definition) is 6. The molecule has 1 saturated heterocycles. The van der Waals surface area contributed by atoms with Crippen molar-refractivity contribution in [3.63, 3.8) is 0 Å². The summed E-state index contributed by atoms with van der Waals surface area (Å²) in [6.45, 7) is 3.59. The van der Waals surface area contributed by atoms with E-state index in [2.05, 4.69) is 15.9 Å². The highest BCUT2D eigenvalue weighted by atomic mass is 79.9. The van der Waals surface area contributed by atoms with Gasteiger partial charge in [-0.05, 0) is 74.2 Å². The van der Waals surface area contributed by atoms with Gasteiger partial charge in [0.2, 0.25) is 5.91 Å². The first-order chi connectivity index (χ1) is 18.9.